The van der Waals surface area contributed by atoms with Crippen LogP contribution in [0.25, 0.3) is 0 Å². The highest BCUT2D eigenvalue weighted by Crippen LogP contribution is 2.58. The van der Waals surface area contributed by atoms with Crippen LogP contribution in [0.15, 0.2) is 12.1 Å². The van der Waals surface area contributed by atoms with Crippen LogP contribution in [0.1, 0.15) is 87.5 Å². The fourth-order valence-electron chi connectivity index (χ4n) is 5.83. The molecule has 0 N–H and O–H groups in total. The minimum atomic E-state index is -0.00331. The second kappa shape index (κ2) is 6.65. The molecule has 0 heterocycles. The summed E-state index contributed by atoms with van der Waals surface area (Å²) in [6.45, 7) is 10.8. The van der Waals surface area contributed by atoms with Crippen molar-refractivity contribution in [1.29, 1.82) is 0 Å². The predicted octanol–water partition coefficient (Wildman–Crippen LogP) is 6.14. The number of ketones is 1. The molecule has 0 aliphatic heterocycles. The van der Waals surface area contributed by atoms with Crippen molar-refractivity contribution in [3.63, 3.8) is 0 Å². The highest BCUT2D eigenvalue weighted by atomic mass is 16.1. The molecule has 24 heavy (non-hydrogen) atoms. The van der Waals surface area contributed by atoms with Gasteiger partial charge in [0.2, 0.25) is 0 Å². The zero-order valence-corrected chi connectivity index (χ0v) is 16.2. The van der Waals surface area contributed by atoms with Crippen molar-refractivity contribution in [3.05, 3.63) is 34.4 Å². The first kappa shape index (κ1) is 17.7. The van der Waals surface area contributed by atoms with Gasteiger partial charge in [0.05, 0.1) is 0 Å². The number of benzene rings is 1. The normalized spacial score (nSPS) is 34.4. The van der Waals surface area contributed by atoms with Crippen molar-refractivity contribution in [3.8, 4) is 0 Å². The van der Waals surface area contributed by atoms with Gasteiger partial charge in [-0.15, -0.1) is 0 Å². The van der Waals surface area contributed by atoms with Crippen LogP contribution >= 0.6 is 0 Å². The van der Waals surface area contributed by atoms with Gasteiger partial charge in [-0.1, -0.05) is 32.9 Å². The second-order valence-corrected chi connectivity index (χ2v) is 8.32. The van der Waals surface area contributed by atoms with E-state index >= 15 is 0 Å². The maximum Gasteiger partial charge on any atom is 0.139 e. The van der Waals surface area contributed by atoms with E-state index in [0.717, 1.165) is 25.2 Å². The molecule has 0 spiro atoms. The van der Waals surface area contributed by atoms with Crippen molar-refractivity contribution >= 4 is 5.78 Å². The van der Waals surface area contributed by atoms with E-state index in [-0.39, 0.29) is 5.41 Å². The van der Waals surface area contributed by atoms with Gasteiger partial charge in [-0.3, -0.25) is 4.79 Å². The van der Waals surface area contributed by atoms with Gasteiger partial charge in [-0.25, -0.2) is 0 Å². The summed E-state index contributed by atoms with van der Waals surface area (Å²) in [6.07, 6.45) is 8.10. The third-order valence-corrected chi connectivity index (χ3v) is 7.28. The minimum Gasteiger partial charge on any atom is -0.299 e. The number of fused-ring (bicyclic) bond motifs is 5. The molecule has 0 amide bonds. The zero-order chi connectivity index (χ0) is 17.5. The molecule has 3 aliphatic rings. The quantitative estimate of drug-likeness (QED) is 0.559. The lowest BCUT2D eigenvalue weighted by molar-refractivity contribution is -0.140. The smallest absolute Gasteiger partial charge is 0.139 e. The monoisotopic (exact) mass is 326 g/mol. The van der Waals surface area contributed by atoms with Crippen LogP contribution in [-0.2, 0) is 11.2 Å². The lowest BCUT2D eigenvalue weighted by atomic mass is 9.50. The molecule has 0 saturated heterocycles. The summed E-state index contributed by atoms with van der Waals surface area (Å²) in [4.78, 5) is 12.6. The van der Waals surface area contributed by atoms with E-state index in [1.165, 1.54) is 36.8 Å². The van der Waals surface area contributed by atoms with Gasteiger partial charge >= 0.3 is 0 Å². The molecule has 4 atom stereocenters. The van der Waals surface area contributed by atoms with E-state index in [1.807, 2.05) is 13.8 Å². The summed E-state index contributed by atoms with van der Waals surface area (Å²) in [5, 5.41) is 0. The van der Waals surface area contributed by atoms with Crippen molar-refractivity contribution in [2.24, 2.45) is 17.3 Å². The standard InChI is InChI=1S/C21H28O.C2H6/c1-13-11-15-7-8-17-16(18(15)12-14(13)2)9-10-21(3)19(17)5-4-6-20(21)22;1-2/h11-12,16-17,19H,4-10H2,1-3H3;1-2H3. The molecule has 2 fully saturated rings. The van der Waals surface area contributed by atoms with Gasteiger partial charge in [-0.2, -0.15) is 0 Å². The average Bonchev–Trinajstić information content (AvgIpc) is 2.59. The molecular formula is C23H34O. The summed E-state index contributed by atoms with van der Waals surface area (Å²) < 4.78 is 0. The maximum absolute atomic E-state index is 12.6. The van der Waals surface area contributed by atoms with Crippen LogP contribution in [0.4, 0.5) is 0 Å². The van der Waals surface area contributed by atoms with E-state index in [9.17, 15) is 4.79 Å². The fourth-order valence-corrected chi connectivity index (χ4v) is 5.83. The summed E-state index contributed by atoms with van der Waals surface area (Å²) in [7, 11) is 0. The lowest BCUT2D eigenvalue weighted by Gasteiger charge is -2.53. The van der Waals surface area contributed by atoms with Gasteiger partial charge in [0, 0.05) is 11.8 Å². The number of Topliss-reactive ketones (excluding diaryl/α,β-unsaturated/α-hetero) is 1. The van der Waals surface area contributed by atoms with Crippen LogP contribution < -0.4 is 0 Å². The highest BCUT2D eigenvalue weighted by molar-refractivity contribution is 5.85. The summed E-state index contributed by atoms with van der Waals surface area (Å²) in [5.74, 6) is 2.67. The third-order valence-electron chi connectivity index (χ3n) is 7.28. The van der Waals surface area contributed by atoms with Crippen LogP contribution in [0.2, 0.25) is 0 Å². The number of hydrogen-bond donors (Lipinski definition) is 0. The van der Waals surface area contributed by atoms with Crippen LogP contribution in [0.5, 0.6) is 0 Å². The van der Waals surface area contributed by atoms with Crippen molar-refractivity contribution in [2.75, 3.05) is 0 Å². The molecule has 0 bridgehead atoms. The Balaban J connectivity index is 0.000000815. The Kier molecular flexibility index (Phi) is 4.91. The minimum absolute atomic E-state index is 0.00331. The Morgan fingerprint density at radius 1 is 1.00 bits per heavy atom. The Morgan fingerprint density at radius 3 is 2.46 bits per heavy atom. The Labute approximate surface area is 148 Å². The van der Waals surface area contributed by atoms with Crippen LogP contribution in [0.3, 0.4) is 0 Å². The van der Waals surface area contributed by atoms with Crippen LogP contribution in [0, 0.1) is 31.1 Å². The number of carbonyl (C=O) groups is 1. The summed E-state index contributed by atoms with van der Waals surface area (Å²) in [5.41, 5.74) is 6.09. The Morgan fingerprint density at radius 2 is 1.71 bits per heavy atom. The first-order valence-electron chi connectivity index (χ1n) is 10.1. The van der Waals surface area contributed by atoms with Crippen molar-refractivity contribution in [2.45, 2.75) is 85.5 Å². The average molecular weight is 327 g/mol. The molecule has 0 radical (unpaired) electrons. The molecular weight excluding hydrogens is 292 g/mol. The number of carbonyl (C=O) groups excluding carboxylic acids is 1. The van der Waals surface area contributed by atoms with E-state index < -0.39 is 0 Å². The van der Waals surface area contributed by atoms with Crippen molar-refractivity contribution < 1.29 is 4.79 Å². The molecule has 4 unspecified atom stereocenters. The van der Waals surface area contributed by atoms with E-state index in [4.69, 9.17) is 0 Å². The van der Waals surface area contributed by atoms with Gasteiger partial charge in [0.25, 0.3) is 0 Å². The Bertz CT molecular complexity index is 629. The SMILES string of the molecule is CC.Cc1cc2c(cc1C)C1CCC3(C)C(=O)CCCC3C1CC2. The van der Waals surface area contributed by atoms with Crippen LogP contribution in [-0.4, -0.2) is 5.78 Å². The number of hydrogen-bond acceptors (Lipinski definition) is 1. The molecule has 1 aromatic carbocycles. The zero-order valence-electron chi connectivity index (χ0n) is 16.2. The number of rotatable bonds is 0. The van der Waals surface area contributed by atoms with E-state index in [2.05, 4.69) is 32.9 Å². The number of aryl methyl sites for hydroxylation is 3. The second-order valence-electron chi connectivity index (χ2n) is 8.32. The molecule has 4 rings (SSSR count). The van der Waals surface area contributed by atoms with E-state index in [0.29, 0.717) is 17.6 Å². The van der Waals surface area contributed by atoms with Gasteiger partial charge in [-0.05, 0) is 92.4 Å². The van der Waals surface area contributed by atoms with Crippen molar-refractivity contribution in [1.82, 2.24) is 0 Å². The maximum atomic E-state index is 12.6. The molecule has 3 aliphatic carbocycles. The lowest BCUT2D eigenvalue weighted by Crippen LogP contribution is -2.49. The fraction of sp³-hybridized carbons (Fsp3) is 0.696. The summed E-state index contributed by atoms with van der Waals surface area (Å²) >= 11 is 0. The largest absolute Gasteiger partial charge is 0.299 e. The molecule has 0 aromatic heterocycles. The topological polar surface area (TPSA) is 17.1 Å². The predicted molar refractivity (Wildman–Crippen MR) is 102 cm³/mol. The van der Waals surface area contributed by atoms with Gasteiger partial charge in [0.15, 0.2) is 0 Å². The highest BCUT2D eigenvalue weighted by Gasteiger charge is 2.52. The first-order valence-corrected chi connectivity index (χ1v) is 10.1. The molecule has 132 valence electrons. The van der Waals surface area contributed by atoms with E-state index in [1.54, 1.807) is 11.1 Å². The Hall–Kier alpha value is -1.11. The van der Waals surface area contributed by atoms with Gasteiger partial charge < -0.3 is 0 Å². The van der Waals surface area contributed by atoms with Gasteiger partial charge in [0.1, 0.15) is 5.78 Å². The molecule has 1 heteroatoms. The molecule has 1 aromatic rings. The molecule has 2 saturated carbocycles. The molecule has 1 nitrogen and oxygen atoms in total. The third kappa shape index (κ3) is 2.65. The first-order chi connectivity index (χ1) is 11.5. The summed E-state index contributed by atoms with van der Waals surface area (Å²) in [6, 6.07) is 4.90.